The minimum Gasteiger partial charge on any atom is -0.487 e. The van der Waals surface area contributed by atoms with Crippen LogP contribution in [0.3, 0.4) is 0 Å². The Balaban J connectivity index is 0.000000246. The Morgan fingerprint density at radius 2 is 1.25 bits per heavy atom. The first kappa shape index (κ1) is 31.7. The third kappa shape index (κ3) is 11.6. The summed E-state index contributed by atoms with van der Waals surface area (Å²) in [6.07, 6.45) is 4.83. The highest BCUT2D eigenvalue weighted by Crippen LogP contribution is 2.22. The number of hydrogen-bond acceptors (Lipinski definition) is 6. The number of amides is 1. The lowest BCUT2D eigenvalue weighted by atomic mass is 10.1. The molecule has 0 aliphatic heterocycles. The van der Waals surface area contributed by atoms with Gasteiger partial charge in [0.25, 0.3) is 0 Å². The highest BCUT2D eigenvalue weighted by Gasteiger charge is 2.05. The van der Waals surface area contributed by atoms with E-state index in [1.165, 1.54) is 17.8 Å². The molecule has 8 heteroatoms. The van der Waals surface area contributed by atoms with E-state index < -0.39 is 5.95 Å². The van der Waals surface area contributed by atoms with Gasteiger partial charge in [-0.25, -0.2) is 9.97 Å². The lowest BCUT2D eigenvalue weighted by molar-refractivity contribution is -0.119. The van der Waals surface area contributed by atoms with Crippen LogP contribution in [0.5, 0.6) is 23.1 Å². The number of aromatic nitrogens is 2. The van der Waals surface area contributed by atoms with Crippen molar-refractivity contribution in [2.24, 2.45) is 0 Å². The fourth-order valence-electron chi connectivity index (χ4n) is 4.09. The maximum Gasteiger partial charge on any atom is 0.219 e. The van der Waals surface area contributed by atoms with Gasteiger partial charge < -0.3 is 19.5 Å². The number of pyridine rings is 2. The summed E-state index contributed by atoms with van der Waals surface area (Å²) in [6, 6.07) is 34.4. The first-order chi connectivity index (χ1) is 21.4. The molecular weight excluding hydrogens is 557 g/mol. The van der Waals surface area contributed by atoms with Crippen molar-refractivity contribution in [3.05, 3.63) is 144 Å². The Morgan fingerprint density at radius 3 is 1.75 bits per heavy atom. The van der Waals surface area contributed by atoms with Gasteiger partial charge in [0.2, 0.25) is 17.7 Å². The molecule has 0 spiro atoms. The van der Waals surface area contributed by atoms with Crippen LogP contribution in [-0.4, -0.2) is 21.9 Å². The molecule has 2 aromatic heterocycles. The number of carbonyl (C=O) groups excluding carboxylic acids is 1. The molecule has 0 bridgehead atoms. The van der Waals surface area contributed by atoms with E-state index in [0.717, 1.165) is 29.7 Å². The zero-order chi connectivity index (χ0) is 31.0. The van der Waals surface area contributed by atoms with E-state index >= 15 is 0 Å². The third-order valence-corrected chi connectivity index (χ3v) is 6.37. The van der Waals surface area contributed by atoms with E-state index in [1.807, 2.05) is 97.9 Å². The van der Waals surface area contributed by atoms with Crippen LogP contribution < -0.4 is 19.5 Å². The summed E-state index contributed by atoms with van der Waals surface area (Å²) in [5.41, 5.74) is 3.38. The van der Waals surface area contributed by atoms with E-state index in [9.17, 15) is 9.18 Å². The Kier molecular flexibility index (Phi) is 12.3. The number of benzene rings is 3. The molecule has 1 N–H and O–H groups in total. The van der Waals surface area contributed by atoms with Crippen LogP contribution in [0.1, 0.15) is 37.0 Å². The van der Waals surface area contributed by atoms with Gasteiger partial charge in [-0.3, -0.25) is 4.79 Å². The first-order valence-electron chi connectivity index (χ1n) is 14.4. The van der Waals surface area contributed by atoms with Crippen LogP contribution in [0.2, 0.25) is 0 Å². The predicted molar refractivity (Wildman–Crippen MR) is 168 cm³/mol. The average Bonchev–Trinajstić information content (AvgIpc) is 3.05. The van der Waals surface area contributed by atoms with Crippen molar-refractivity contribution in [2.45, 2.75) is 45.9 Å². The Bertz CT molecular complexity index is 1530. The summed E-state index contributed by atoms with van der Waals surface area (Å²) >= 11 is 0. The maximum atomic E-state index is 12.5. The van der Waals surface area contributed by atoms with E-state index in [-0.39, 0.29) is 11.9 Å². The number of ether oxygens (including phenoxy) is 3. The topological polar surface area (TPSA) is 82.6 Å². The SMILES string of the molecule is CC(=O)NC(C)CCc1ccc(Oc2ccc(OCc3ccccc3)cn2)cc1.Fc1ccc(OCc2ccccc2)cn1. The van der Waals surface area contributed by atoms with Gasteiger partial charge in [0, 0.05) is 19.0 Å². The summed E-state index contributed by atoms with van der Waals surface area (Å²) in [4.78, 5) is 18.9. The molecule has 2 heterocycles. The normalized spacial score (nSPS) is 11.0. The van der Waals surface area contributed by atoms with Crippen molar-refractivity contribution in [3.63, 3.8) is 0 Å². The number of nitrogens with one attached hydrogen (secondary N) is 1. The largest absolute Gasteiger partial charge is 0.487 e. The van der Waals surface area contributed by atoms with Gasteiger partial charge >= 0.3 is 0 Å². The smallest absolute Gasteiger partial charge is 0.219 e. The van der Waals surface area contributed by atoms with Gasteiger partial charge in [-0.1, -0.05) is 72.8 Å². The molecule has 0 saturated carbocycles. The van der Waals surface area contributed by atoms with Crippen LogP contribution in [0.25, 0.3) is 0 Å². The van der Waals surface area contributed by atoms with Crippen molar-refractivity contribution in [3.8, 4) is 23.1 Å². The molecule has 7 nitrogen and oxygen atoms in total. The number of hydrogen-bond donors (Lipinski definition) is 1. The van der Waals surface area contributed by atoms with Crippen molar-refractivity contribution in [2.75, 3.05) is 0 Å². The van der Waals surface area contributed by atoms with Crippen molar-refractivity contribution in [1.82, 2.24) is 15.3 Å². The van der Waals surface area contributed by atoms with Crippen LogP contribution >= 0.6 is 0 Å². The molecule has 0 aliphatic carbocycles. The zero-order valence-electron chi connectivity index (χ0n) is 24.9. The highest BCUT2D eigenvalue weighted by molar-refractivity contribution is 5.73. The van der Waals surface area contributed by atoms with E-state index in [4.69, 9.17) is 14.2 Å². The minimum atomic E-state index is -0.498. The first-order valence-corrected chi connectivity index (χ1v) is 14.4. The minimum absolute atomic E-state index is 0.00484. The molecule has 0 fully saturated rings. The van der Waals surface area contributed by atoms with E-state index in [2.05, 4.69) is 15.3 Å². The van der Waals surface area contributed by atoms with Gasteiger partial charge in [0.1, 0.15) is 30.5 Å². The van der Waals surface area contributed by atoms with Crippen LogP contribution in [0.4, 0.5) is 4.39 Å². The number of rotatable bonds is 12. The molecule has 5 aromatic rings. The van der Waals surface area contributed by atoms with Gasteiger partial charge in [-0.15, -0.1) is 0 Å². The van der Waals surface area contributed by atoms with Gasteiger partial charge in [0.15, 0.2) is 0 Å². The van der Waals surface area contributed by atoms with E-state index in [0.29, 0.717) is 30.6 Å². The van der Waals surface area contributed by atoms with Crippen molar-refractivity contribution in [1.29, 1.82) is 0 Å². The quantitative estimate of drug-likeness (QED) is 0.149. The second-order valence-corrected chi connectivity index (χ2v) is 10.1. The fourth-order valence-corrected chi connectivity index (χ4v) is 4.09. The fraction of sp³-hybridized carbons (Fsp3) is 0.194. The second-order valence-electron chi connectivity index (χ2n) is 10.1. The zero-order valence-corrected chi connectivity index (χ0v) is 24.9. The average molecular weight is 594 g/mol. The molecule has 5 rings (SSSR count). The number of aryl methyl sites for hydroxylation is 1. The molecule has 0 saturated heterocycles. The number of halogens is 1. The summed E-state index contributed by atoms with van der Waals surface area (Å²) in [7, 11) is 0. The van der Waals surface area contributed by atoms with Crippen molar-refractivity contribution < 1.29 is 23.4 Å². The molecule has 44 heavy (non-hydrogen) atoms. The van der Waals surface area contributed by atoms with Crippen LogP contribution in [0, 0.1) is 5.95 Å². The predicted octanol–water partition coefficient (Wildman–Crippen LogP) is 7.71. The molecule has 1 unspecified atom stereocenters. The Hall–Kier alpha value is -5.24. The third-order valence-electron chi connectivity index (χ3n) is 6.37. The molecule has 0 aliphatic rings. The van der Waals surface area contributed by atoms with Crippen molar-refractivity contribution >= 4 is 5.91 Å². The molecule has 1 amide bonds. The molecule has 226 valence electrons. The van der Waals surface area contributed by atoms with E-state index in [1.54, 1.807) is 25.3 Å². The second kappa shape index (κ2) is 17.0. The van der Waals surface area contributed by atoms with Crippen LogP contribution in [0.15, 0.2) is 122 Å². The van der Waals surface area contributed by atoms with Gasteiger partial charge in [0.05, 0.1) is 12.4 Å². The maximum absolute atomic E-state index is 12.5. The number of carbonyl (C=O) groups is 1. The van der Waals surface area contributed by atoms with Gasteiger partial charge in [-0.05, 0) is 66.8 Å². The number of nitrogens with zero attached hydrogens (tertiary/aromatic N) is 2. The molecule has 1 atom stereocenters. The van der Waals surface area contributed by atoms with Gasteiger partial charge in [-0.2, -0.15) is 4.39 Å². The summed E-state index contributed by atoms with van der Waals surface area (Å²) < 4.78 is 29.4. The lowest BCUT2D eigenvalue weighted by Crippen LogP contribution is -2.30. The molecule has 3 aromatic carbocycles. The summed E-state index contributed by atoms with van der Waals surface area (Å²) in [5, 5.41) is 2.90. The Labute approximate surface area is 257 Å². The summed E-state index contributed by atoms with van der Waals surface area (Å²) in [5.74, 6) is 2.02. The highest BCUT2D eigenvalue weighted by atomic mass is 19.1. The standard InChI is InChI=1S/C24H26N2O3.C12H10FNO/c1-18(26-19(2)27)8-9-20-10-12-22(13-11-20)29-24-15-14-23(16-25-24)28-17-21-6-4-3-5-7-21;13-12-7-6-11(8-14-12)15-9-10-4-2-1-3-5-10/h3-7,10-16,18H,8-9,17H2,1-2H3,(H,26,27);1-8H,9H2. The van der Waals surface area contributed by atoms with Crippen LogP contribution in [-0.2, 0) is 24.4 Å². The molecule has 0 radical (unpaired) electrons. The Morgan fingerprint density at radius 1 is 0.705 bits per heavy atom. The lowest BCUT2D eigenvalue weighted by Gasteiger charge is -2.12. The molecular formula is C36H36FN3O4. The summed E-state index contributed by atoms with van der Waals surface area (Å²) in [6.45, 7) is 4.52. The monoisotopic (exact) mass is 593 g/mol.